The third-order valence-electron chi connectivity index (χ3n) is 0.647. The lowest BCUT2D eigenvalue weighted by Gasteiger charge is -2.09. The van der Waals surface area contributed by atoms with Crippen LogP contribution in [0.5, 0.6) is 0 Å². The average Bonchev–Trinajstić information content (AvgIpc) is 1.84. The summed E-state index contributed by atoms with van der Waals surface area (Å²) in [7, 11) is 0. The van der Waals surface area contributed by atoms with Crippen LogP contribution < -0.4 is 0 Å². The van der Waals surface area contributed by atoms with Gasteiger partial charge in [-0.25, -0.2) is 8.78 Å². The van der Waals surface area contributed by atoms with Crippen LogP contribution in [0.1, 0.15) is 0 Å². The Hall–Kier alpha value is -0.460. The normalized spacial score (nSPS) is 11.7. The van der Waals surface area contributed by atoms with E-state index in [0.717, 1.165) is 0 Å². The van der Waals surface area contributed by atoms with Crippen LogP contribution in [-0.4, -0.2) is 23.1 Å². The first-order valence-electron chi connectivity index (χ1n) is 2.12. The topological polar surface area (TPSA) is 29.4 Å². The van der Waals surface area contributed by atoms with Crippen LogP contribution in [0.2, 0.25) is 0 Å². The molecule has 0 saturated carbocycles. The zero-order valence-corrected chi connectivity index (χ0v) is 5.38. The fraction of sp³-hybridized carbons (Fsp3) is 1.00. The lowest BCUT2D eigenvalue weighted by molar-refractivity contribution is -0.119. The average molecular weight is 177 g/mol. The van der Waals surface area contributed by atoms with Crippen LogP contribution >= 0.6 is 0 Å². The molecule has 0 heterocycles. The van der Waals surface area contributed by atoms with Gasteiger partial charge in [-0.3, -0.25) is 0 Å². The second-order valence-corrected chi connectivity index (χ2v) is 1.83. The highest BCUT2D eigenvalue weighted by molar-refractivity contribution is 7.54. The Labute approximate surface area is 57.5 Å². The van der Waals surface area contributed by atoms with Crippen molar-refractivity contribution in [2.75, 3.05) is 6.54 Å². The maximum atomic E-state index is 11.7. The highest BCUT2D eigenvalue weighted by Crippen LogP contribution is 2.22. The van der Waals surface area contributed by atoms with Gasteiger partial charge in [-0.2, -0.15) is 17.4 Å². The van der Waals surface area contributed by atoms with E-state index in [9.17, 15) is 21.8 Å². The minimum absolute atomic E-state index is 0.492. The molecule has 0 aliphatic carbocycles. The second-order valence-electron chi connectivity index (χ2n) is 1.42. The Morgan fingerprint density at radius 3 is 2.30 bits per heavy atom. The van der Waals surface area contributed by atoms with Crippen LogP contribution in [0.4, 0.5) is 17.6 Å². The van der Waals surface area contributed by atoms with Gasteiger partial charge in [0, 0.05) is 0 Å². The molecule has 0 amide bonds. The zero-order chi connectivity index (χ0) is 8.20. The van der Waals surface area contributed by atoms with Gasteiger partial charge in [-0.05, 0) is 0 Å². The summed E-state index contributed by atoms with van der Waals surface area (Å²) in [6.07, 6.45) is -3.76. The highest BCUT2D eigenvalue weighted by atomic mass is 32.1. The van der Waals surface area contributed by atoms with E-state index in [-0.39, 0.29) is 0 Å². The summed E-state index contributed by atoms with van der Waals surface area (Å²) in [5.41, 5.74) is 0. The second kappa shape index (κ2) is 3.65. The van der Waals surface area contributed by atoms with Gasteiger partial charge in [0.05, 0.1) is 0 Å². The molecule has 0 aromatic heterocycles. The number of rotatable bonds is 3. The number of hydrogen-bond acceptors (Lipinski definition) is 2. The lowest BCUT2D eigenvalue weighted by atomic mass is 10.4. The van der Waals surface area contributed by atoms with E-state index in [2.05, 4.69) is 4.36 Å². The molecule has 0 fully saturated rings. The number of alkyl halides is 4. The smallest absolute Gasteiger partial charge is 0.203 e. The molecule has 0 rings (SSSR count). The third kappa shape index (κ3) is 2.90. The first-order chi connectivity index (χ1) is 4.50. The molecule has 0 radical (unpaired) electrons. The van der Waals surface area contributed by atoms with Crippen molar-refractivity contribution >= 4 is 11.5 Å². The fourth-order valence-electron chi connectivity index (χ4n) is 0.181. The summed E-state index contributed by atoms with van der Waals surface area (Å²) < 4.78 is 57.8. The van der Waals surface area contributed by atoms with Crippen molar-refractivity contribution in [1.29, 1.82) is 0 Å². The summed E-state index contributed by atoms with van der Waals surface area (Å²) in [5.74, 6) is -4.17. The molecular weight excluding hydrogens is 174 g/mol. The minimum Gasteiger partial charge on any atom is -0.203 e. The van der Waals surface area contributed by atoms with Crippen molar-refractivity contribution < 1.29 is 21.8 Å². The van der Waals surface area contributed by atoms with Gasteiger partial charge in [-0.1, -0.05) is 0 Å². The third-order valence-corrected chi connectivity index (χ3v) is 0.882. The van der Waals surface area contributed by atoms with Crippen molar-refractivity contribution in [1.82, 2.24) is 0 Å². The Morgan fingerprint density at radius 2 is 2.00 bits per heavy atom. The number of hydrogen-bond donors (Lipinski definition) is 0. The lowest BCUT2D eigenvalue weighted by Crippen LogP contribution is -2.29. The fourth-order valence-corrected chi connectivity index (χ4v) is 0.406. The van der Waals surface area contributed by atoms with Crippen LogP contribution in [0, 0.1) is 0 Å². The first-order valence-corrected chi connectivity index (χ1v) is 2.82. The summed E-state index contributed by atoms with van der Waals surface area (Å²) in [5, 5.41) is 0. The molecule has 0 aromatic carbocycles. The summed E-state index contributed by atoms with van der Waals surface area (Å²) in [4.78, 5) is 0. The first kappa shape index (κ1) is 9.54. The number of nitrogens with zero attached hydrogens (tertiary/aromatic N) is 1. The van der Waals surface area contributed by atoms with Gasteiger partial charge >= 0.3 is 12.3 Å². The molecule has 0 aliphatic heterocycles. The molecule has 0 aromatic rings. The van der Waals surface area contributed by atoms with Crippen LogP contribution in [-0.2, 0) is 11.5 Å². The molecule has 0 saturated heterocycles. The molecule has 2 nitrogen and oxygen atoms in total. The van der Waals surface area contributed by atoms with Crippen molar-refractivity contribution in [3.63, 3.8) is 0 Å². The maximum absolute atomic E-state index is 11.7. The molecule has 10 heavy (non-hydrogen) atoms. The quantitative estimate of drug-likeness (QED) is 0.597. The van der Waals surface area contributed by atoms with E-state index in [1.54, 1.807) is 0 Å². The van der Waals surface area contributed by atoms with E-state index in [4.69, 9.17) is 0 Å². The SMILES string of the molecule is O=S=NCC(F)(F)C(F)F. The van der Waals surface area contributed by atoms with Crippen LogP contribution in [0.3, 0.4) is 0 Å². The van der Waals surface area contributed by atoms with E-state index in [0.29, 0.717) is 0 Å². The Bertz CT molecular complexity index is 155. The van der Waals surface area contributed by atoms with E-state index in [1.165, 1.54) is 0 Å². The molecule has 0 atom stereocenters. The van der Waals surface area contributed by atoms with Gasteiger partial charge in [0.25, 0.3) is 0 Å². The Balaban J connectivity index is 3.98. The van der Waals surface area contributed by atoms with Crippen molar-refractivity contribution in [2.45, 2.75) is 12.3 Å². The number of halogens is 4. The van der Waals surface area contributed by atoms with Crippen LogP contribution in [0.15, 0.2) is 4.36 Å². The van der Waals surface area contributed by atoms with Gasteiger partial charge in [0.15, 0.2) is 11.5 Å². The molecule has 0 bridgehead atoms. The van der Waals surface area contributed by atoms with E-state index < -0.39 is 30.4 Å². The predicted octanol–water partition coefficient (Wildman–Crippen LogP) is 1.28. The molecule has 0 N–H and O–H groups in total. The predicted molar refractivity (Wildman–Crippen MR) is 26.4 cm³/mol. The van der Waals surface area contributed by atoms with Gasteiger partial charge in [0.2, 0.25) is 0 Å². The summed E-state index contributed by atoms with van der Waals surface area (Å²) in [6, 6.07) is 0. The standard InChI is InChI=1S/C3H3F4NOS/c4-2(5)3(6,7)1-8-10-9/h2H,1H2. The molecule has 7 heteroatoms. The zero-order valence-electron chi connectivity index (χ0n) is 4.56. The highest BCUT2D eigenvalue weighted by Gasteiger charge is 2.40. The van der Waals surface area contributed by atoms with Gasteiger partial charge in [-0.15, -0.1) is 0 Å². The van der Waals surface area contributed by atoms with Crippen molar-refractivity contribution in [3.8, 4) is 0 Å². The van der Waals surface area contributed by atoms with Crippen LogP contribution in [0.25, 0.3) is 0 Å². The Kier molecular flexibility index (Phi) is 3.48. The molecule has 0 unspecified atom stereocenters. The van der Waals surface area contributed by atoms with Crippen molar-refractivity contribution in [3.05, 3.63) is 0 Å². The van der Waals surface area contributed by atoms with E-state index in [1.807, 2.05) is 0 Å². The van der Waals surface area contributed by atoms with Gasteiger partial charge < -0.3 is 0 Å². The molecule has 0 spiro atoms. The minimum atomic E-state index is -4.17. The molecule has 60 valence electrons. The van der Waals surface area contributed by atoms with Gasteiger partial charge in [0.1, 0.15) is 6.54 Å². The maximum Gasteiger partial charge on any atom is 0.327 e. The Morgan fingerprint density at radius 1 is 1.50 bits per heavy atom. The monoisotopic (exact) mass is 177 g/mol. The summed E-state index contributed by atoms with van der Waals surface area (Å²) in [6.45, 7) is -1.43. The molecule has 0 aliphatic rings. The van der Waals surface area contributed by atoms with Crippen molar-refractivity contribution in [2.24, 2.45) is 4.36 Å². The van der Waals surface area contributed by atoms with E-state index >= 15 is 0 Å². The largest absolute Gasteiger partial charge is 0.327 e. The molecular formula is C3H3F4NOS. The summed E-state index contributed by atoms with van der Waals surface area (Å²) >= 11 is -0.492.